The average Bonchev–Trinajstić information content (AvgIpc) is 2.77. The van der Waals surface area contributed by atoms with Crippen molar-refractivity contribution in [2.45, 2.75) is 38.1 Å². The van der Waals surface area contributed by atoms with E-state index < -0.39 is 0 Å². The number of nitrogens with one attached hydrogen (secondary N) is 1. The highest BCUT2D eigenvalue weighted by Crippen LogP contribution is 2.40. The number of benzene rings is 1. The molecule has 0 radical (unpaired) electrons. The first-order valence-electron chi connectivity index (χ1n) is 6.97. The molecule has 3 heteroatoms. The van der Waals surface area contributed by atoms with E-state index in [1.807, 2.05) is 7.05 Å². The van der Waals surface area contributed by atoms with Crippen LogP contribution in [-0.4, -0.2) is 12.0 Å². The van der Waals surface area contributed by atoms with Gasteiger partial charge in [0.15, 0.2) is 0 Å². The number of hydrogen-bond donors (Lipinski definition) is 1. The Bertz CT molecular complexity index is 557. The van der Waals surface area contributed by atoms with E-state index in [0.717, 1.165) is 16.6 Å². The molecule has 0 spiro atoms. The summed E-state index contributed by atoms with van der Waals surface area (Å²) in [7, 11) is 2.02. The summed E-state index contributed by atoms with van der Waals surface area (Å²) < 4.78 is 0. The SMILES string of the molecule is CNC(c1csc(C)n1)c1ccccc1C1CCC1. The molecule has 2 aromatic rings. The van der Waals surface area contributed by atoms with Gasteiger partial charge >= 0.3 is 0 Å². The highest BCUT2D eigenvalue weighted by Gasteiger charge is 2.25. The van der Waals surface area contributed by atoms with Crippen LogP contribution in [0.1, 0.15) is 53.1 Å². The minimum absolute atomic E-state index is 0.224. The molecule has 1 N–H and O–H groups in total. The first kappa shape index (κ1) is 12.8. The molecule has 1 unspecified atom stereocenters. The molecule has 100 valence electrons. The molecule has 1 saturated carbocycles. The highest BCUT2D eigenvalue weighted by atomic mass is 32.1. The summed E-state index contributed by atoms with van der Waals surface area (Å²) in [6.45, 7) is 2.07. The summed E-state index contributed by atoms with van der Waals surface area (Å²) in [5.41, 5.74) is 4.07. The number of hydrogen-bond acceptors (Lipinski definition) is 3. The quantitative estimate of drug-likeness (QED) is 0.909. The number of aromatic nitrogens is 1. The zero-order valence-corrected chi connectivity index (χ0v) is 12.3. The second kappa shape index (κ2) is 5.43. The fraction of sp³-hybridized carbons (Fsp3) is 0.438. The van der Waals surface area contributed by atoms with Crippen molar-refractivity contribution in [3.8, 4) is 0 Å². The van der Waals surface area contributed by atoms with Crippen molar-refractivity contribution in [2.24, 2.45) is 0 Å². The molecule has 1 atom stereocenters. The Hall–Kier alpha value is -1.19. The second-order valence-corrected chi connectivity index (χ2v) is 6.33. The van der Waals surface area contributed by atoms with E-state index in [0.29, 0.717) is 0 Å². The Kier molecular flexibility index (Phi) is 3.67. The molecule has 19 heavy (non-hydrogen) atoms. The third-order valence-electron chi connectivity index (χ3n) is 4.07. The van der Waals surface area contributed by atoms with Crippen molar-refractivity contribution in [3.63, 3.8) is 0 Å². The predicted molar refractivity (Wildman–Crippen MR) is 80.8 cm³/mol. The van der Waals surface area contributed by atoms with Gasteiger partial charge in [-0.2, -0.15) is 0 Å². The first-order valence-corrected chi connectivity index (χ1v) is 7.85. The van der Waals surface area contributed by atoms with Crippen LogP contribution in [0.2, 0.25) is 0 Å². The smallest absolute Gasteiger partial charge is 0.0898 e. The van der Waals surface area contributed by atoms with Crippen LogP contribution in [0.4, 0.5) is 0 Å². The maximum Gasteiger partial charge on any atom is 0.0898 e. The molecule has 2 nitrogen and oxygen atoms in total. The van der Waals surface area contributed by atoms with Gasteiger partial charge in [-0.15, -0.1) is 11.3 Å². The molecule has 1 aromatic carbocycles. The maximum atomic E-state index is 4.66. The summed E-state index contributed by atoms with van der Waals surface area (Å²) in [5, 5.41) is 6.75. The van der Waals surface area contributed by atoms with Gasteiger partial charge in [0.05, 0.1) is 16.7 Å². The van der Waals surface area contributed by atoms with Crippen LogP contribution in [0.15, 0.2) is 29.6 Å². The van der Waals surface area contributed by atoms with Crippen molar-refractivity contribution in [1.82, 2.24) is 10.3 Å². The lowest BCUT2D eigenvalue weighted by Gasteiger charge is -2.30. The monoisotopic (exact) mass is 272 g/mol. The molecule has 1 fully saturated rings. The maximum absolute atomic E-state index is 4.66. The molecule has 0 saturated heterocycles. The van der Waals surface area contributed by atoms with E-state index in [1.54, 1.807) is 11.3 Å². The topological polar surface area (TPSA) is 24.9 Å². The minimum atomic E-state index is 0.224. The van der Waals surface area contributed by atoms with E-state index in [1.165, 1.54) is 30.4 Å². The summed E-state index contributed by atoms with van der Waals surface area (Å²) in [6, 6.07) is 9.07. The standard InChI is InChI=1S/C16H20N2S/c1-11-18-15(10-19-11)16(17-2)14-9-4-3-8-13(14)12-6-5-7-12/h3-4,8-10,12,16-17H,5-7H2,1-2H3. The minimum Gasteiger partial charge on any atom is -0.308 e. The molecular weight excluding hydrogens is 252 g/mol. The Morgan fingerprint density at radius 1 is 1.32 bits per heavy atom. The Balaban J connectivity index is 1.99. The van der Waals surface area contributed by atoms with Gasteiger partial charge in [-0.3, -0.25) is 0 Å². The van der Waals surface area contributed by atoms with Crippen molar-refractivity contribution in [1.29, 1.82) is 0 Å². The van der Waals surface area contributed by atoms with E-state index >= 15 is 0 Å². The van der Waals surface area contributed by atoms with Crippen LogP contribution < -0.4 is 5.32 Å². The lowest BCUT2D eigenvalue weighted by atomic mass is 9.77. The van der Waals surface area contributed by atoms with Crippen molar-refractivity contribution in [3.05, 3.63) is 51.5 Å². The lowest BCUT2D eigenvalue weighted by molar-refractivity contribution is 0.415. The zero-order chi connectivity index (χ0) is 13.2. The van der Waals surface area contributed by atoms with Gasteiger partial charge < -0.3 is 5.32 Å². The van der Waals surface area contributed by atoms with Crippen molar-refractivity contribution >= 4 is 11.3 Å². The predicted octanol–water partition coefficient (Wildman–Crippen LogP) is 4.03. The molecule has 1 heterocycles. The third-order valence-corrected chi connectivity index (χ3v) is 4.86. The number of nitrogens with zero attached hydrogens (tertiary/aromatic N) is 1. The lowest BCUT2D eigenvalue weighted by Crippen LogP contribution is -2.22. The highest BCUT2D eigenvalue weighted by molar-refractivity contribution is 7.09. The number of thiazole rings is 1. The van der Waals surface area contributed by atoms with Crippen LogP contribution >= 0.6 is 11.3 Å². The summed E-state index contributed by atoms with van der Waals surface area (Å²) in [6.07, 6.45) is 4.05. The van der Waals surface area contributed by atoms with Crippen LogP contribution in [0, 0.1) is 6.92 Å². The van der Waals surface area contributed by atoms with Crippen LogP contribution in [0.3, 0.4) is 0 Å². The zero-order valence-electron chi connectivity index (χ0n) is 11.5. The molecule has 1 aliphatic carbocycles. The van der Waals surface area contributed by atoms with E-state index in [9.17, 15) is 0 Å². The van der Waals surface area contributed by atoms with E-state index in [-0.39, 0.29) is 6.04 Å². The Morgan fingerprint density at radius 2 is 2.11 bits per heavy atom. The van der Waals surface area contributed by atoms with Crippen molar-refractivity contribution in [2.75, 3.05) is 7.05 Å². The summed E-state index contributed by atoms with van der Waals surface area (Å²) in [4.78, 5) is 4.66. The Morgan fingerprint density at radius 3 is 2.68 bits per heavy atom. The first-order chi connectivity index (χ1) is 9.29. The van der Waals surface area contributed by atoms with Gasteiger partial charge in [-0.05, 0) is 43.9 Å². The number of aryl methyl sites for hydroxylation is 1. The summed E-state index contributed by atoms with van der Waals surface area (Å²) >= 11 is 1.73. The van der Waals surface area contributed by atoms with Crippen molar-refractivity contribution < 1.29 is 0 Å². The molecule has 1 aromatic heterocycles. The van der Waals surface area contributed by atoms with Gasteiger partial charge in [-0.1, -0.05) is 30.7 Å². The molecule has 1 aliphatic rings. The Labute approximate surface area is 118 Å². The summed E-state index contributed by atoms with van der Waals surface area (Å²) in [5.74, 6) is 0.756. The average molecular weight is 272 g/mol. The van der Waals surface area contributed by atoms with Gasteiger partial charge in [0.2, 0.25) is 0 Å². The van der Waals surface area contributed by atoms with Crippen LogP contribution in [-0.2, 0) is 0 Å². The van der Waals surface area contributed by atoms with Crippen LogP contribution in [0.25, 0.3) is 0 Å². The van der Waals surface area contributed by atoms with E-state index in [2.05, 4.69) is 46.9 Å². The molecule has 0 bridgehead atoms. The van der Waals surface area contributed by atoms with Crippen LogP contribution in [0.5, 0.6) is 0 Å². The molecule has 0 amide bonds. The van der Waals surface area contributed by atoms with Gasteiger partial charge in [0.25, 0.3) is 0 Å². The third kappa shape index (κ3) is 2.45. The largest absolute Gasteiger partial charge is 0.308 e. The molecular formula is C16H20N2S. The normalized spacial score (nSPS) is 17.2. The second-order valence-electron chi connectivity index (χ2n) is 5.27. The fourth-order valence-electron chi connectivity index (χ4n) is 2.84. The molecule has 0 aliphatic heterocycles. The molecule has 3 rings (SSSR count). The van der Waals surface area contributed by atoms with Gasteiger partial charge in [0, 0.05) is 5.38 Å². The van der Waals surface area contributed by atoms with Gasteiger partial charge in [-0.25, -0.2) is 4.98 Å². The van der Waals surface area contributed by atoms with Gasteiger partial charge in [0.1, 0.15) is 0 Å². The number of rotatable bonds is 4. The fourth-order valence-corrected chi connectivity index (χ4v) is 3.48. The van der Waals surface area contributed by atoms with E-state index in [4.69, 9.17) is 0 Å².